The molecule has 5 nitrogen and oxygen atoms in total. The SMILES string of the molecule is NC(=O)C[C@H]1CN(C(=O)c2ccc(F)cc2)CC[C@@H]1Oc1ccc(F)cc1. The van der Waals surface area contributed by atoms with E-state index in [9.17, 15) is 18.4 Å². The highest BCUT2D eigenvalue weighted by Gasteiger charge is 2.34. The molecule has 2 amide bonds. The second-order valence-corrected chi connectivity index (χ2v) is 6.59. The number of piperidine rings is 1. The van der Waals surface area contributed by atoms with Gasteiger partial charge in [0.15, 0.2) is 0 Å². The van der Waals surface area contributed by atoms with Crippen molar-refractivity contribution in [3.8, 4) is 5.75 Å². The monoisotopic (exact) mass is 374 g/mol. The Hall–Kier alpha value is -2.96. The summed E-state index contributed by atoms with van der Waals surface area (Å²) in [4.78, 5) is 25.7. The van der Waals surface area contributed by atoms with Gasteiger partial charge in [-0.05, 0) is 48.5 Å². The highest BCUT2D eigenvalue weighted by molar-refractivity contribution is 5.94. The van der Waals surface area contributed by atoms with Gasteiger partial charge in [-0.2, -0.15) is 0 Å². The smallest absolute Gasteiger partial charge is 0.253 e. The second kappa shape index (κ2) is 8.16. The van der Waals surface area contributed by atoms with Crippen molar-refractivity contribution in [2.75, 3.05) is 13.1 Å². The second-order valence-electron chi connectivity index (χ2n) is 6.59. The van der Waals surface area contributed by atoms with E-state index in [2.05, 4.69) is 0 Å². The lowest BCUT2D eigenvalue weighted by Crippen LogP contribution is -2.49. The van der Waals surface area contributed by atoms with Gasteiger partial charge in [0.25, 0.3) is 5.91 Å². The lowest BCUT2D eigenvalue weighted by atomic mass is 9.90. The standard InChI is InChI=1S/C20H20F2N2O3/c21-15-3-1-13(2-4-15)20(26)24-10-9-18(14(12-24)11-19(23)25)27-17-7-5-16(22)6-8-17/h1-8,14,18H,9-12H2,(H2,23,25)/t14-,18-/m0/s1. The van der Waals surface area contributed by atoms with Crippen molar-refractivity contribution in [1.82, 2.24) is 4.90 Å². The molecule has 2 atom stereocenters. The molecule has 0 radical (unpaired) electrons. The van der Waals surface area contributed by atoms with Crippen LogP contribution in [0.4, 0.5) is 8.78 Å². The predicted molar refractivity (Wildman–Crippen MR) is 95.0 cm³/mol. The number of benzene rings is 2. The van der Waals surface area contributed by atoms with E-state index in [1.165, 1.54) is 48.5 Å². The molecule has 0 aliphatic carbocycles. The first-order valence-electron chi connectivity index (χ1n) is 8.68. The number of rotatable bonds is 5. The number of nitrogens with two attached hydrogens (primary N) is 1. The lowest BCUT2D eigenvalue weighted by molar-refractivity contribution is -0.120. The average molecular weight is 374 g/mol. The minimum Gasteiger partial charge on any atom is -0.490 e. The number of halogens is 2. The van der Waals surface area contributed by atoms with Crippen molar-refractivity contribution in [1.29, 1.82) is 0 Å². The first-order valence-corrected chi connectivity index (χ1v) is 8.68. The maximum atomic E-state index is 13.1. The largest absolute Gasteiger partial charge is 0.490 e. The molecule has 2 aromatic carbocycles. The van der Waals surface area contributed by atoms with E-state index < -0.39 is 11.7 Å². The molecular weight excluding hydrogens is 354 g/mol. The highest BCUT2D eigenvalue weighted by atomic mass is 19.1. The molecule has 3 rings (SSSR count). The lowest BCUT2D eigenvalue weighted by Gasteiger charge is -2.38. The molecule has 142 valence electrons. The maximum absolute atomic E-state index is 13.1. The summed E-state index contributed by atoms with van der Waals surface area (Å²) in [6.45, 7) is 0.725. The zero-order valence-electron chi connectivity index (χ0n) is 14.6. The Morgan fingerprint density at radius 3 is 2.22 bits per heavy atom. The van der Waals surface area contributed by atoms with E-state index in [4.69, 9.17) is 10.5 Å². The molecule has 1 aliphatic heterocycles. The molecule has 1 saturated heterocycles. The fraction of sp³-hybridized carbons (Fsp3) is 0.300. The number of hydrogen-bond acceptors (Lipinski definition) is 3. The Bertz CT molecular complexity index is 809. The maximum Gasteiger partial charge on any atom is 0.253 e. The fourth-order valence-corrected chi connectivity index (χ4v) is 3.27. The molecule has 0 saturated carbocycles. The van der Waals surface area contributed by atoms with Crippen LogP contribution < -0.4 is 10.5 Å². The van der Waals surface area contributed by atoms with Gasteiger partial charge in [0.05, 0.1) is 0 Å². The first-order chi connectivity index (χ1) is 12.9. The van der Waals surface area contributed by atoms with E-state index in [-0.39, 0.29) is 30.2 Å². The summed E-state index contributed by atoms with van der Waals surface area (Å²) < 4.78 is 32.0. The summed E-state index contributed by atoms with van der Waals surface area (Å²) in [7, 11) is 0. The number of likely N-dealkylation sites (tertiary alicyclic amines) is 1. The minimum atomic E-state index is -0.483. The molecule has 1 fully saturated rings. The van der Waals surface area contributed by atoms with Gasteiger partial charge in [0.1, 0.15) is 23.5 Å². The number of nitrogens with zero attached hydrogens (tertiary/aromatic N) is 1. The molecule has 27 heavy (non-hydrogen) atoms. The van der Waals surface area contributed by atoms with Crippen LogP contribution in [0.3, 0.4) is 0 Å². The number of carbonyl (C=O) groups excluding carboxylic acids is 2. The number of ether oxygens (including phenoxy) is 1. The quantitative estimate of drug-likeness (QED) is 0.875. The van der Waals surface area contributed by atoms with E-state index in [0.717, 1.165) is 0 Å². The van der Waals surface area contributed by atoms with Gasteiger partial charge in [-0.1, -0.05) is 0 Å². The number of hydrogen-bond donors (Lipinski definition) is 1. The first kappa shape index (κ1) is 18.8. The van der Waals surface area contributed by atoms with Gasteiger partial charge in [-0.25, -0.2) is 8.78 Å². The third-order valence-corrected chi connectivity index (χ3v) is 4.61. The van der Waals surface area contributed by atoms with Crippen molar-refractivity contribution in [3.05, 3.63) is 65.7 Å². The van der Waals surface area contributed by atoms with E-state index in [1.807, 2.05) is 0 Å². The molecule has 0 bridgehead atoms. The molecule has 1 aliphatic rings. The van der Waals surface area contributed by atoms with E-state index in [1.54, 1.807) is 4.90 Å². The van der Waals surface area contributed by atoms with Crippen LogP contribution >= 0.6 is 0 Å². The summed E-state index contributed by atoms with van der Waals surface area (Å²) in [5, 5.41) is 0. The topological polar surface area (TPSA) is 72.6 Å². The molecule has 2 aromatic rings. The zero-order chi connectivity index (χ0) is 19.4. The van der Waals surface area contributed by atoms with Crippen molar-refractivity contribution in [3.63, 3.8) is 0 Å². The molecule has 7 heteroatoms. The summed E-state index contributed by atoms with van der Waals surface area (Å²) in [5.41, 5.74) is 5.74. The third kappa shape index (κ3) is 4.81. The zero-order valence-corrected chi connectivity index (χ0v) is 14.6. The fourth-order valence-electron chi connectivity index (χ4n) is 3.27. The predicted octanol–water partition coefficient (Wildman–Crippen LogP) is 2.75. The van der Waals surface area contributed by atoms with Crippen molar-refractivity contribution < 1.29 is 23.1 Å². The summed E-state index contributed by atoms with van der Waals surface area (Å²) in [5.74, 6) is -1.28. The van der Waals surface area contributed by atoms with Gasteiger partial charge in [-0.3, -0.25) is 9.59 Å². The molecule has 2 N–H and O–H groups in total. The van der Waals surface area contributed by atoms with Crippen LogP contribution in [-0.2, 0) is 4.79 Å². The van der Waals surface area contributed by atoms with Crippen molar-refractivity contribution in [2.24, 2.45) is 11.7 Å². The van der Waals surface area contributed by atoms with Crippen LogP contribution in [0.2, 0.25) is 0 Å². The van der Waals surface area contributed by atoms with Crippen molar-refractivity contribution >= 4 is 11.8 Å². The van der Waals surface area contributed by atoms with Gasteiger partial charge < -0.3 is 15.4 Å². The van der Waals surface area contributed by atoms with Crippen LogP contribution in [0, 0.1) is 17.6 Å². The van der Waals surface area contributed by atoms with Crippen LogP contribution in [0.25, 0.3) is 0 Å². The Balaban J connectivity index is 1.71. The molecule has 0 unspecified atom stereocenters. The normalized spacial score (nSPS) is 19.6. The summed E-state index contributed by atoms with van der Waals surface area (Å²) in [6.07, 6.45) is 0.252. The Labute approximate surface area is 155 Å². The molecule has 0 spiro atoms. The van der Waals surface area contributed by atoms with Gasteiger partial charge in [0, 0.05) is 37.4 Å². The van der Waals surface area contributed by atoms with Crippen LogP contribution in [0.5, 0.6) is 5.75 Å². The minimum absolute atomic E-state index is 0.0685. The van der Waals surface area contributed by atoms with Gasteiger partial charge in [-0.15, -0.1) is 0 Å². The van der Waals surface area contributed by atoms with Crippen LogP contribution in [-0.4, -0.2) is 35.9 Å². The van der Waals surface area contributed by atoms with Crippen molar-refractivity contribution in [2.45, 2.75) is 18.9 Å². The molecular formula is C20H20F2N2O3. The van der Waals surface area contributed by atoms with Gasteiger partial charge in [0.2, 0.25) is 5.91 Å². The Morgan fingerprint density at radius 2 is 1.63 bits per heavy atom. The molecule has 0 aromatic heterocycles. The Kier molecular flexibility index (Phi) is 5.69. The molecule has 1 heterocycles. The Morgan fingerprint density at radius 1 is 1.04 bits per heavy atom. The summed E-state index contributed by atoms with van der Waals surface area (Å²) in [6, 6.07) is 11.0. The van der Waals surface area contributed by atoms with E-state index in [0.29, 0.717) is 30.8 Å². The summed E-state index contributed by atoms with van der Waals surface area (Å²) >= 11 is 0. The number of primary amides is 1. The van der Waals surface area contributed by atoms with E-state index >= 15 is 0 Å². The highest BCUT2D eigenvalue weighted by Crippen LogP contribution is 2.26. The average Bonchev–Trinajstić information content (AvgIpc) is 2.64. The third-order valence-electron chi connectivity index (χ3n) is 4.61. The number of amides is 2. The number of carbonyl (C=O) groups is 2. The van der Waals surface area contributed by atoms with Crippen LogP contribution in [0.15, 0.2) is 48.5 Å². The van der Waals surface area contributed by atoms with Gasteiger partial charge >= 0.3 is 0 Å². The van der Waals surface area contributed by atoms with Crippen LogP contribution in [0.1, 0.15) is 23.2 Å².